The van der Waals surface area contributed by atoms with Gasteiger partial charge in [0.25, 0.3) is 0 Å². The van der Waals surface area contributed by atoms with E-state index in [1.54, 1.807) is 11.4 Å². The Bertz CT molecular complexity index is 626. The van der Waals surface area contributed by atoms with E-state index in [2.05, 4.69) is 17.0 Å². The molecule has 1 saturated heterocycles. The topological polar surface area (TPSA) is 49.9 Å². The number of fused-ring (bicyclic) bond motifs is 1. The minimum atomic E-state index is -3.21. The summed E-state index contributed by atoms with van der Waals surface area (Å²) in [5, 5.41) is 0. The van der Waals surface area contributed by atoms with Crippen LogP contribution in [0.3, 0.4) is 0 Å². The summed E-state index contributed by atoms with van der Waals surface area (Å²) in [6.07, 6.45) is 2.54. The lowest BCUT2D eigenvalue weighted by atomic mass is 10.1. The third kappa shape index (κ3) is 3.94. The van der Waals surface area contributed by atoms with Crippen LogP contribution in [0.25, 0.3) is 0 Å². The molecule has 1 aliphatic carbocycles. The van der Waals surface area contributed by atoms with E-state index in [4.69, 9.17) is 4.74 Å². The molecule has 1 heterocycles. The van der Waals surface area contributed by atoms with E-state index in [0.717, 1.165) is 45.7 Å². The molecular weight excluding hydrogens is 312 g/mol. The van der Waals surface area contributed by atoms with Crippen molar-refractivity contribution in [3.63, 3.8) is 0 Å². The maximum Gasteiger partial charge on any atom is 0.214 e. The second-order valence-electron chi connectivity index (χ2n) is 6.39. The van der Waals surface area contributed by atoms with Gasteiger partial charge in [-0.1, -0.05) is 24.3 Å². The van der Waals surface area contributed by atoms with Gasteiger partial charge in [0.05, 0.1) is 19.0 Å². The van der Waals surface area contributed by atoms with Crippen molar-refractivity contribution >= 4 is 10.0 Å². The molecule has 1 aromatic rings. The highest BCUT2D eigenvalue weighted by atomic mass is 32.2. The Balaban J connectivity index is 1.57. The molecule has 23 heavy (non-hydrogen) atoms. The predicted octanol–water partition coefficient (Wildman–Crippen LogP) is 1.66. The summed E-state index contributed by atoms with van der Waals surface area (Å²) in [5.74, 6) is 0.222. The largest absolute Gasteiger partial charge is 0.379 e. The van der Waals surface area contributed by atoms with Crippen LogP contribution in [0, 0.1) is 0 Å². The summed E-state index contributed by atoms with van der Waals surface area (Å²) in [6, 6.07) is 8.19. The Hall–Kier alpha value is -0.950. The summed E-state index contributed by atoms with van der Waals surface area (Å²) in [5.41, 5.74) is 2.46. The average molecular weight is 338 g/mol. The van der Waals surface area contributed by atoms with Crippen molar-refractivity contribution < 1.29 is 13.2 Å². The Kier molecular flexibility index (Phi) is 5.36. The van der Waals surface area contributed by atoms with Crippen molar-refractivity contribution in [1.82, 2.24) is 9.21 Å². The fourth-order valence-corrected chi connectivity index (χ4v) is 4.93. The SMILES string of the molecule is CN(C1CCc2ccccc21)S(=O)(=O)CCCN1CCOCC1. The number of rotatable bonds is 6. The molecule has 1 atom stereocenters. The van der Waals surface area contributed by atoms with Crippen molar-refractivity contribution in [2.75, 3.05) is 45.6 Å². The van der Waals surface area contributed by atoms with E-state index >= 15 is 0 Å². The first-order valence-corrected chi connectivity index (χ1v) is 10.0. The molecule has 1 fully saturated rings. The van der Waals surface area contributed by atoms with Gasteiger partial charge < -0.3 is 4.74 Å². The molecule has 128 valence electrons. The molecule has 0 radical (unpaired) electrons. The summed E-state index contributed by atoms with van der Waals surface area (Å²) < 4.78 is 32.2. The van der Waals surface area contributed by atoms with Crippen LogP contribution in [0.5, 0.6) is 0 Å². The maximum absolute atomic E-state index is 12.7. The van der Waals surface area contributed by atoms with Crippen molar-refractivity contribution in [3.05, 3.63) is 35.4 Å². The van der Waals surface area contributed by atoms with Crippen LogP contribution in [-0.2, 0) is 21.2 Å². The number of hydrogen-bond donors (Lipinski definition) is 0. The summed E-state index contributed by atoms with van der Waals surface area (Å²) in [6.45, 7) is 4.16. The van der Waals surface area contributed by atoms with E-state index in [0.29, 0.717) is 6.42 Å². The lowest BCUT2D eigenvalue weighted by Gasteiger charge is -2.28. The molecule has 5 nitrogen and oxygen atoms in total. The third-order valence-electron chi connectivity index (χ3n) is 4.96. The summed E-state index contributed by atoms with van der Waals surface area (Å²) >= 11 is 0. The summed E-state index contributed by atoms with van der Waals surface area (Å²) in [4.78, 5) is 2.28. The zero-order valence-corrected chi connectivity index (χ0v) is 14.6. The van der Waals surface area contributed by atoms with Gasteiger partial charge in [0.2, 0.25) is 10.0 Å². The lowest BCUT2D eigenvalue weighted by Crippen LogP contribution is -2.38. The zero-order chi connectivity index (χ0) is 16.3. The normalized spacial score (nSPS) is 22.4. The number of hydrogen-bond acceptors (Lipinski definition) is 4. The van der Waals surface area contributed by atoms with Crippen LogP contribution in [-0.4, -0.2) is 63.3 Å². The van der Waals surface area contributed by atoms with Crippen LogP contribution >= 0.6 is 0 Å². The van der Waals surface area contributed by atoms with E-state index < -0.39 is 10.0 Å². The van der Waals surface area contributed by atoms with Crippen LogP contribution < -0.4 is 0 Å². The molecule has 1 aliphatic heterocycles. The van der Waals surface area contributed by atoms with E-state index in [1.165, 1.54) is 11.1 Å². The van der Waals surface area contributed by atoms with Gasteiger partial charge in [-0.3, -0.25) is 4.90 Å². The van der Waals surface area contributed by atoms with Gasteiger partial charge in [0, 0.05) is 26.2 Å². The van der Waals surface area contributed by atoms with Crippen LogP contribution in [0.1, 0.15) is 30.0 Å². The fourth-order valence-electron chi connectivity index (χ4n) is 3.55. The highest BCUT2D eigenvalue weighted by Gasteiger charge is 2.32. The molecule has 0 saturated carbocycles. The molecule has 2 aliphatic rings. The van der Waals surface area contributed by atoms with Crippen molar-refractivity contribution in [3.8, 4) is 0 Å². The van der Waals surface area contributed by atoms with E-state index in [9.17, 15) is 8.42 Å². The Morgan fingerprint density at radius 3 is 2.78 bits per heavy atom. The minimum absolute atomic E-state index is 0.000383. The van der Waals surface area contributed by atoms with Gasteiger partial charge in [-0.2, -0.15) is 4.31 Å². The first-order valence-electron chi connectivity index (χ1n) is 8.41. The van der Waals surface area contributed by atoms with Crippen LogP contribution in [0.15, 0.2) is 24.3 Å². The van der Waals surface area contributed by atoms with Gasteiger partial charge in [-0.05, 0) is 36.9 Å². The first kappa shape index (κ1) is 16.9. The van der Waals surface area contributed by atoms with Crippen molar-refractivity contribution in [2.24, 2.45) is 0 Å². The van der Waals surface area contributed by atoms with Gasteiger partial charge in [0.15, 0.2) is 0 Å². The molecule has 0 N–H and O–H groups in total. The van der Waals surface area contributed by atoms with Gasteiger partial charge in [-0.15, -0.1) is 0 Å². The van der Waals surface area contributed by atoms with E-state index in [-0.39, 0.29) is 11.8 Å². The highest BCUT2D eigenvalue weighted by molar-refractivity contribution is 7.89. The number of benzene rings is 1. The van der Waals surface area contributed by atoms with Crippen molar-refractivity contribution in [1.29, 1.82) is 0 Å². The number of sulfonamides is 1. The number of morpholine rings is 1. The minimum Gasteiger partial charge on any atom is -0.379 e. The molecule has 0 amide bonds. The predicted molar refractivity (Wildman–Crippen MR) is 90.9 cm³/mol. The number of ether oxygens (including phenoxy) is 1. The second-order valence-corrected chi connectivity index (χ2v) is 8.54. The van der Waals surface area contributed by atoms with Gasteiger partial charge in [0.1, 0.15) is 0 Å². The molecule has 0 bridgehead atoms. The maximum atomic E-state index is 12.7. The highest BCUT2D eigenvalue weighted by Crippen LogP contribution is 2.36. The third-order valence-corrected chi connectivity index (χ3v) is 6.90. The number of aryl methyl sites for hydroxylation is 1. The Morgan fingerprint density at radius 1 is 1.26 bits per heavy atom. The average Bonchev–Trinajstić information content (AvgIpc) is 2.99. The number of nitrogens with zero attached hydrogens (tertiary/aromatic N) is 2. The fraction of sp³-hybridized carbons (Fsp3) is 0.647. The molecule has 6 heteroatoms. The van der Waals surface area contributed by atoms with Gasteiger partial charge >= 0.3 is 0 Å². The van der Waals surface area contributed by atoms with Crippen LogP contribution in [0.2, 0.25) is 0 Å². The molecule has 0 spiro atoms. The van der Waals surface area contributed by atoms with Crippen LogP contribution in [0.4, 0.5) is 0 Å². The van der Waals surface area contributed by atoms with E-state index in [1.807, 2.05) is 12.1 Å². The second kappa shape index (κ2) is 7.30. The molecule has 0 aromatic heterocycles. The Morgan fingerprint density at radius 2 is 2.00 bits per heavy atom. The monoisotopic (exact) mass is 338 g/mol. The smallest absolute Gasteiger partial charge is 0.214 e. The summed E-state index contributed by atoms with van der Waals surface area (Å²) in [7, 11) is -1.48. The van der Waals surface area contributed by atoms with Gasteiger partial charge in [-0.25, -0.2) is 8.42 Å². The molecular formula is C17H26N2O3S. The molecule has 3 rings (SSSR count). The standard InChI is InChI=1S/C17H26N2O3S/c1-18(17-8-7-15-5-2-3-6-16(15)17)23(20,21)14-4-9-19-10-12-22-13-11-19/h2-3,5-6,17H,4,7-14H2,1H3. The quantitative estimate of drug-likeness (QED) is 0.791. The first-order chi connectivity index (χ1) is 11.1. The van der Waals surface area contributed by atoms with Crippen molar-refractivity contribution in [2.45, 2.75) is 25.3 Å². The molecule has 1 aromatic carbocycles. The Labute approximate surface area is 139 Å². The lowest BCUT2D eigenvalue weighted by molar-refractivity contribution is 0.0380. The zero-order valence-electron chi connectivity index (χ0n) is 13.8. The molecule has 1 unspecified atom stereocenters.